The number of nitrogens with zero attached hydrogens (tertiary/aromatic N) is 3. The van der Waals surface area contributed by atoms with Crippen LogP contribution in [0.3, 0.4) is 0 Å². The summed E-state index contributed by atoms with van der Waals surface area (Å²) in [6.07, 6.45) is 5.46. The minimum absolute atomic E-state index is 0.179. The van der Waals surface area contributed by atoms with Gasteiger partial charge in [0.05, 0.1) is 12.2 Å². The Hall–Kier alpha value is -2.95. The lowest BCUT2D eigenvalue weighted by Gasteiger charge is -2.05. The molecular formula is C20H22N4O. The summed E-state index contributed by atoms with van der Waals surface area (Å²) in [5.41, 5.74) is 3.76. The summed E-state index contributed by atoms with van der Waals surface area (Å²) in [5, 5.41) is 7.23. The van der Waals surface area contributed by atoms with Gasteiger partial charge in [0.25, 0.3) is 5.91 Å². The van der Waals surface area contributed by atoms with Crippen LogP contribution in [0.1, 0.15) is 34.2 Å². The standard InChI is InChI=1S/C20H22N4O/c1-2-16-8-11-21-18(14-16)15-22-20(25)19-10-13-24(23-19)12-9-17-6-4-3-5-7-17/h3-8,10-11,13-14H,2,9,12,15H2,1H3,(H,22,25). The normalized spacial score (nSPS) is 10.6. The molecule has 0 aliphatic heterocycles. The molecule has 1 aromatic carbocycles. The average Bonchev–Trinajstić information content (AvgIpc) is 3.14. The van der Waals surface area contributed by atoms with Crippen LogP contribution in [0.5, 0.6) is 0 Å². The van der Waals surface area contributed by atoms with Crippen LogP contribution in [-0.4, -0.2) is 20.7 Å². The maximum absolute atomic E-state index is 12.2. The Morgan fingerprint density at radius 1 is 1.12 bits per heavy atom. The van der Waals surface area contributed by atoms with Crippen LogP contribution in [0.25, 0.3) is 0 Å². The summed E-state index contributed by atoms with van der Waals surface area (Å²) < 4.78 is 1.80. The van der Waals surface area contributed by atoms with E-state index in [9.17, 15) is 4.79 Å². The molecule has 0 atom stereocenters. The monoisotopic (exact) mass is 334 g/mol. The van der Waals surface area contributed by atoms with E-state index in [0.717, 1.165) is 25.1 Å². The molecule has 0 aliphatic rings. The van der Waals surface area contributed by atoms with Crippen molar-refractivity contribution in [3.05, 3.63) is 83.4 Å². The van der Waals surface area contributed by atoms with Gasteiger partial charge in [0.2, 0.25) is 0 Å². The molecular weight excluding hydrogens is 312 g/mol. The highest BCUT2D eigenvalue weighted by Gasteiger charge is 2.09. The smallest absolute Gasteiger partial charge is 0.272 e. The fourth-order valence-electron chi connectivity index (χ4n) is 2.60. The molecule has 5 nitrogen and oxygen atoms in total. The van der Waals surface area contributed by atoms with Gasteiger partial charge in [0, 0.05) is 18.9 Å². The van der Waals surface area contributed by atoms with Crippen molar-refractivity contribution in [3.63, 3.8) is 0 Å². The van der Waals surface area contributed by atoms with E-state index >= 15 is 0 Å². The molecule has 25 heavy (non-hydrogen) atoms. The topological polar surface area (TPSA) is 59.8 Å². The molecule has 0 fully saturated rings. The Kier molecular flexibility index (Phi) is 5.57. The van der Waals surface area contributed by atoms with Gasteiger partial charge < -0.3 is 5.32 Å². The minimum atomic E-state index is -0.179. The maximum atomic E-state index is 12.2. The quantitative estimate of drug-likeness (QED) is 0.722. The minimum Gasteiger partial charge on any atom is -0.345 e. The summed E-state index contributed by atoms with van der Waals surface area (Å²) in [6.45, 7) is 3.25. The van der Waals surface area contributed by atoms with E-state index in [1.54, 1.807) is 16.9 Å². The first kappa shape index (κ1) is 16.9. The van der Waals surface area contributed by atoms with Crippen molar-refractivity contribution in [3.8, 4) is 0 Å². The highest BCUT2D eigenvalue weighted by atomic mass is 16.1. The molecule has 128 valence electrons. The predicted molar refractivity (Wildman–Crippen MR) is 97.2 cm³/mol. The van der Waals surface area contributed by atoms with Gasteiger partial charge in [-0.3, -0.25) is 14.5 Å². The summed E-state index contributed by atoms with van der Waals surface area (Å²) in [7, 11) is 0. The summed E-state index contributed by atoms with van der Waals surface area (Å²) in [6, 6.07) is 16.0. The molecule has 0 bridgehead atoms. The second kappa shape index (κ2) is 8.24. The third kappa shape index (κ3) is 4.76. The first-order valence-electron chi connectivity index (χ1n) is 8.54. The van der Waals surface area contributed by atoms with Crippen LogP contribution in [0, 0.1) is 0 Å². The second-order valence-corrected chi connectivity index (χ2v) is 5.89. The van der Waals surface area contributed by atoms with Gasteiger partial charge in [-0.05, 0) is 42.2 Å². The highest BCUT2D eigenvalue weighted by Crippen LogP contribution is 2.04. The number of hydrogen-bond acceptors (Lipinski definition) is 3. The number of nitrogens with one attached hydrogen (secondary N) is 1. The Balaban J connectivity index is 1.53. The first-order valence-corrected chi connectivity index (χ1v) is 8.54. The van der Waals surface area contributed by atoms with Crippen molar-refractivity contribution in [1.29, 1.82) is 0 Å². The van der Waals surface area contributed by atoms with Crippen LogP contribution in [0.4, 0.5) is 0 Å². The van der Waals surface area contributed by atoms with E-state index in [-0.39, 0.29) is 5.91 Å². The number of aromatic nitrogens is 3. The lowest BCUT2D eigenvalue weighted by molar-refractivity contribution is 0.0944. The molecule has 0 saturated carbocycles. The largest absolute Gasteiger partial charge is 0.345 e. The fraction of sp³-hybridized carbons (Fsp3) is 0.250. The molecule has 0 unspecified atom stereocenters. The van der Waals surface area contributed by atoms with Crippen LogP contribution >= 0.6 is 0 Å². The Morgan fingerprint density at radius 2 is 1.96 bits per heavy atom. The number of pyridine rings is 1. The zero-order valence-electron chi connectivity index (χ0n) is 14.4. The Bertz CT molecular complexity index is 826. The van der Waals surface area contributed by atoms with Crippen molar-refractivity contribution >= 4 is 5.91 Å². The molecule has 0 aliphatic carbocycles. The number of hydrogen-bond donors (Lipinski definition) is 1. The van der Waals surface area contributed by atoms with Gasteiger partial charge in [-0.2, -0.15) is 5.10 Å². The third-order valence-corrected chi connectivity index (χ3v) is 4.06. The number of rotatable bonds is 7. The van der Waals surface area contributed by atoms with E-state index in [1.165, 1.54) is 11.1 Å². The molecule has 5 heteroatoms. The first-order chi connectivity index (χ1) is 12.2. The van der Waals surface area contributed by atoms with E-state index < -0.39 is 0 Å². The Labute approximate surface area is 147 Å². The van der Waals surface area contributed by atoms with Crippen molar-refractivity contribution < 1.29 is 4.79 Å². The lowest BCUT2D eigenvalue weighted by atomic mass is 10.2. The van der Waals surface area contributed by atoms with E-state index in [0.29, 0.717) is 12.2 Å². The van der Waals surface area contributed by atoms with E-state index in [2.05, 4.69) is 34.5 Å². The predicted octanol–water partition coefficient (Wildman–Crippen LogP) is 3.01. The van der Waals surface area contributed by atoms with Crippen molar-refractivity contribution in [2.75, 3.05) is 0 Å². The second-order valence-electron chi connectivity index (χ2n) is 5.89. The number of carbonyl (C=O) groups excluding carboxylic acids is 1. The zero-order chi connectivity index (χ0) is 17.5. The summed E-state index contributed by atoms with van der Waals surface area (Å²) in [5.74, 6) is -0.179. The molecule has 0 spiro atoms. The van der Waals surface area contributed by atoms with Crippen LogP contribution in [-0.2, 0) is 25.9 Å². The molecule has 0 saturated heterocycles. The lowest BCUT2D eigenvalue weighted by Crippen LogP contribution is -2.24. The highest BCUT2D eigenvalue weighted by molar-refractivity contribution is 5.92. The molecule has 1 N–H and O–H groups in total. The van der Waals surface area contributed by atoms with Gasteiger partial charge in [-0.1, -0.05) is 37.3 Å². The van der Waals surface area contributed by atoms with Crippen LogP contribution in [0.2, 0.25) is 0 Å². The molecule has 3 rings (SSSR count). The van der Waals surface area contributed by atoms with Gasteiger partial charge in [-0.15, -0.1) is 0 Å². The average molecular weight is 334 g/mol. The zero-order valence-corrected chi connectivity index (χ0v) is 14.4. The molecule has 1 amide bonds. The maximum Gasteiger partial charge on any atom is 0.272 e. The molecule has 3 aromatic rings. The van der Waals surface area contributed by atoms with Crippen molar-refractivity contribution in [2.45, 2.75) is 32.9 Å². The van der Waals surface area contributed by atoms with E-state index in [1.807, 2.05) is 36.5 Å². The van der Waals surface area contributed by atoms with Crippen molar-refractivity contribution in [2.24, 2.45) is 0 Å². The fourth-order valence-corrected chi connectivity index (χ4v) is 2.60. The number of amides is 1. The van der Waals surface area contributed by atoms with Gasteiger partial charge >= 0.3 is 0 Å². The molecule has 0 radical (unpaired) electrons. The summed E-state index contributed by atoms with van der Waals surface area (Å²) in [4.78, 5) is 16.5. The number of aryl methyl sites for hydroxylation is 3. The summed E-state index contributed by atoms with van der Waals surface area (Å²) >= 11 is 0. The Morgan fingerprint density at radius 3 is 2.76 bits per heavy atom. The van der Waals surface area contributed by atoms with Gasteiger partial charge in [0.1, 0.15) is 5.69 Å². The van der Waals surface area contributed by atoms with Crippen LogP contribution in [0.15, 0.2) is 60.9 Å². The van der Waals surface area contributed by atoms with Gasteiger partial charge in [0.15, 0.2) is 0 Å². The SMILES string of the molecule is CCc1ccnc(CNC(=O)c2ccn(CCc3ccccc3)n2)c1. The van der Waals surface area contributed by atoms with Gasteiger partial charge in [-0.25, -0.2) is 0 Å². The number of benzene rings is 1. The third-order valence-electron chi connectivity index (χ3n) is 4.06. The number of carbonyl (C=O) groups is 1. The van der Waals surface area contributed by atoms with E-state index in [4.69, 9.17) is 0 Å². The molecule has 2 aromatic heterocycles. The van der Waals surface area contributed by atoms with Crippen LogP contribution < -0.4 is 5.32 Å². The van der Waals surface area contributed by atoms with Crippen molar-refractivity contribution in [1.82, 2.24) is 20.1 Å². The molecule has 2 heterocycles.